The first-order chi connectivity index (χ1) is 10.7. The molecule has 1 aromatic carbocycles. The number of hydrogen-bond acceptors (Lipinski definition) is 3. The first-order valence-corrected chi connectivity index (χ1v) is 8.76. The van der Waals surface area contributed by atoms with Gasteiger partial charge in [-0.1, -0.05) is 12.5 Å². The van der Waals surface area contributed by atoms with Crippen LogP contribution in [0.2, 0.25) is 0 Å². The minimum Gasteiger partial charge on any atom is -0.385 e. The van der Waals surface area contributed by atoms with Crippen molar-refractivity contribution in [2.75, 3.05) is 0 Å². The minimum absolute atomic E-state index is 0.152. The molecule has 0 radical (unpaired) electrons. The molecule has 2 aliphatic rings. The second kappa shape index (κ2) is 5.60. The molecule has 2 fully saturated rings. The average molecular weight is 343 g/mol. The maximum absolute atomic E-state index is 12.8. The second-order valence-corrected chi connectivity index (χ2v) is 8.30. The van der Waals surface area contributed by atoms with Crippen molar-refractivity contribution in [3.05, 3.63) is 34.9 Å². The molecule has 0 aromatic heterocycles. The van der Waals surface area contributed by atoms with Crippen LogP contribution in [0.1, 0.15) is 48.8 Å². The fourth-order valence-corrected chi connectivity index (χ4v) is 5.94. The van der Waals surface area contributed by atoms with E-state index in [4.69, 9.17) is 0 Å². The van der Waals surface area contributed by atoms with Crippen molar-refractivity contribution in [3.63, 3.8) is 0 Å². The molecule has 0 spiro atoms. The lowest BCUT2D eigenvalue weighted by Gasteiger charge is -2.44. The van der Waals surface area contributed by atoms with E-state index < -0.39 is 28.1 Å². The third-order valence-corrected chi connectivity index (χ3v) is 6.93. The molecular weight excluding hydrogens is 327 g/mol. The lowest BCUT2D eigenvalue weighted by atomic mass is 9.78. The standard InChI is InChI=1S/C16H16F3NO2S/c17-16(18,19)11-4-5-14(10(6-11)9-20)15(21)7-12-2-1-3-13(8-15)23(12)22/h4-6,12-13,21H,1-3,7-8H2. The summed E-state index contributed by atoms with van der Waals surface area (Å²) in [4.78, 5) is 0. The van der Waals surface area contributed by atoms with E-state index in [1.165, 1.54) is 6.07 Å². The Kier molecular flexibility index (Phi) is 4.01. The van der Waals surface area contributed by atoms with E-state index >= 15 is 0 Å². The summed E-state index contributed by atoms with van der Waals surface area (Å²) < 4.78 is 50.7. The highest BCUT2D eigenvalue weighted by atomic mass is 32.2. The van der Waals surface area contributed by atoms with Crippen LogP contribution in [0, 0.1) is 11.3 Å². The Bertz CT molecular complexity index is 680. The molecule has 7 heteroatoms. The molecule has 3 nitrogen and oxygen atoms in total. The number of nitriles is 1. The first-order valence-electron chi connectivity index (χ1n) is 7.48. The lowest BCUT2D eigenvalue weighted by molar-refractivity contribution is -0.137. The van der Waals surface area contributed by atoms with Gasteiger partial charge < -0.3 is 5.11 Å². The number of rotatable bonds is 1. The summed E-state index contributed by atoms with van der Waals surface area (Å²) in [5.41, 5.74) is -2.21. The molecule has 3 rings (SSSR count). The summed E-state index contributed by atoms with van der Waals surface area (Å²) >= 11 is 0. The van der Waals surface area contributed by atoms with Crippen molar-refractivity contribution >= 4 is 10.8 Å². The summed E-state index contributed by atoms with van der Waals surface area (Å²) in [5, 5.41) is 19.9. The van der Waals surface area contributed by atoms with Gasteiger partial charge in [-0.25, -0.2) is 0 Å². The molecule has 0 aliphatic carbocycles. The molecule has 0 saturated carbocycles. The van der Waals surface area contributed by atoms with E-state index in [0.29, 0.717) is 0 Å². The molecule has 2 bridgehead atoms. The zero-order valence-electron chi connectivity index (χ0n) is 12.3. The van der Waals surface area contributed by atoms with E-state index in [2.05, 4.69) is 0 Å². The molecule has 0 amide bonds. The van der Waals surface area contributed by atoms with Gasteiger partial charge in [0.05, 0.1) is 22.8 Å². The van der Waals surface area contributed by atoms with Gasteiger partial charge in [0.2, 0.25) is 0 Å². The van der Waals surface area contributed by atoms with Gasteiger partial charge in [-0.3, -0.25) is 4.21 Å². The minimum atomic E-state index is -4.53. The van der Waals surface area contributed by atoms with Crippen LogP contribution in [-0.4, -0.2) is 19.8 Å². The number of fused-ring (bicyclic) bond motifs is 2. The van der Waals surface area contributed by atoms with Crippen molar-refractivity contribution in [1.29, 1.82) is 5.26 Å². The highest BCUT2D eigenvalue weighted by molar-refractivity contribution is 7.86. The third-order valence-electron chi connectivity index (χ3n) is 4.81. The van der Waals surface area contributed by atoms with E-state index in [1.807, 2.05) is 0 Å². The molecule has 1 N–H and O–H groups in total. The van der Waals surface area contributed by atoms with Crippen LogP contribution in [0.4, 0.5) is 13.2 Å². The highest BCUT2D eigenvalue weighted by Crippen LogP contribution is 2.45. The predicted octanol–water partition coefficient (Wildman–Crippen LogP) is 3.23. The van der Waals surface area contributed by atoms with Gasteiger partial charge in [0.25, 0.3) is 0 Å². The Balaban J connectivity index is 2.01. The fraction of sp³-hybridized carbons (Fsp3) is 0.562. The molecule has 2 aliphatic heterocycles. The van der Waals surface area contributed by atoms with E-state index in [0.717, 1.165) is 31.4 Å². The SMILES string of the molecule is N#Cc1cc(C(F)(F)F)ccc1C1(O)CC2CCCC(C1)S2=O. The van der Waals surface area contributed by atoms with Gasteiger partial charge in [0.1, 0.15) is 0 Å². The number of aliphatic hydroxyl groups is 1. The fourth-order valence-electron chi connectivity index (χ4n) is 3.72. The van der Waals surface area contributed by atoms with Gasteiger partial charge >= 0.3 is 6.18 Å². The highest BCUT2D eigenvalue weighted by Gasteiger charge is 2.47. The van der Waals surface area contributed by atoms with Crippen LogP contribution in [0.15, 0.2) is 18.2 Å². The third kappa shape index (κ3) is 2.90. The molecule has 2 heterocycles. The molecule has 2 atom stereocenters. The number of halogens is 3. The van der Waals surface area contributed by atoms with Crippen molar-refractivity contribution in [2.24, 2.45) is 0 Å². The van der Waals surface area contributed by atoms with Gasteiger partial charge in [-0.05, 0) is 37.8 Å². The number of benzene rings is 1. The summed E-state index contributed by atoms with van der Waals surface area (Å²) in [6, 6.07) is 4.66. The van der Waals surface area contributed by atoms with E-state index in [1.54, 1.807) is 6.07 Å². The molecule has 23 heavy (non-hydrogen) atoms. The Morgan fingerprint density at radius 2 is 1.87 bits per heavy atom. The maximum Gasteiger partial charge on any atom is 0.416 e. The topological polar surface area (TPSA) is 61.1 Å². The average Bonchev–Trinajstić information content (AvgIpc) is 2.47. The zero-order chi connectivity index (χ0) is 16.8. The van der Waals surface area contributed by atoms with Crippen LogP contribution >= 0.6 is 0 Å². The molecular formula is C16H16F3NO2S. The molecule has 124 valence electrons. The smallest absolute Gasteiger partial charge is 0.385 e. The number of hydrogen-bond donors (Lipinski definition) is 1. The summed E-state index contributed by atoms with van der Waals surface area (Å²) in [6.07, 6.45) is -1.62. The number of nitrogens with zero attached hydrogens (tertiary/aromatic N) is 1. The van der Waals surface area contributed by atoms with Gasteiger partial charge in [0, 0.05) is 26.9 Å². The Morgan fingerprint density at radius 1 is 1.26 bits per heavy atom. The van der Waals surface area contributed by atoms with Crippen LogP contribution in [-0.2, 0) is 22.6 Å². The Hall–Kier alpha value is -1.39. The quantitative estimate of drug-likeness (QED) is 0.852. The summed E-state index contributed by atoms with van der Waals surface area (Å²) in [7, 11) is -1.01. The Morgan fingerprint density at radius 3 is 2.39 bits per heavy atom. The van der Waals surface area contributed by atoms with Gasteiger partial charge in [-0.2, -0.15) is 18.4 Å². The van der Waals surface area contributed by atoms with Crippen LogP contribution in [0.25, 0.3) is 0 Å². The van der Waals surface area contributed by atoms with E-state index in [-0.39, 0.29) is 34.5 Å². The van der Waals surface area contributed by atoms with Crippen LogP contribution in [0.5, 0.6) is 0 Å². The van der Waals surface area contributed by atoms with Crippen LogP contribution < -0.4 is 0 Å². The molecule has 2 saturated heterocycles. The molecule has 2 unspecified atom stereocenters. The van der Waals surface area contributed by atoms with Crippen molar-refractivity contribution in [1.82, 2.24) is 0 Å². The number of alkyl halides is 3. The van der Waals surface area contributed by atoms with Crippen molar-refractivity contribution < 1.29 is 22.5 Å². The molecule has 1 aromatic rings. The second-order valence-electron chi connectivity index (χ2n) is 6.31. The van der Waals surface area contributed by atoms with Gasteiger partial charge in [0.15, 0.2) is 0 Å². The van der Waals surface area contributed by atoms with E-state index in [9.17, 15) is 27.7 Å². The Labute approximate surface area is 134 Å². The monoisotopic (exact) mass is 343 g/mol. The predicted molar refractivity (Wildman–Crippen MR) is 78.9 cm³/mol. The summed E-state index contributed by atoms with van der Waals surface area (Å²) in [6.45, 7) is 0. The van der Waals surface area contributed by atoms with Crippen LogP contribution in [0.3, 0.4) is 0 Å². The maximum atomic E-state index is 12.8. The largest absolute Gasteiger partial charge is 0.416 e. The van der Waals surface area contributed by atoms with Gasteiger partial charge in [-0.15, -0.1) is 0 Å². The summed E-state index contributed by atoms with van der Waals surface area (Å²) in [5.74, 6) is 0. The van der Waals surface area contributed by atoms with Crippen molar-refractivity contribution in [2.45, 2.75) is 54.4 Å². The van der Waals surface area contributed by atoms with Crippen molar-refractivity contribution in [3.8, 4) is 6.07 Å². The first kappa shape index (κ1) is 16.5. The lowest BCUT2D eigenvalue weighted by Crippen LogP contribution is -2.47. The zero-order valence-corrected chi connectivity index (χ0v) is 13.1. The normalized spacial score (nSPS) is 34.0.